The van der Waals surface area contributed by atoms with Crippen molar-refractivity contribution in [3.8, 4) is 17.2 Å². The number of alkyl halides is 3. The van der Waals surface area contributed by atoms with Crippen LogP contribution in [-0.4, -0.2) is 35.2 Å². The van der Waals surface area contributed by atoms with Crippen LogP contribution in [0, 0.1) is 10.1 Å². The Balaban J connectivity index is 2.27. The van der Waals surface area contributed by atoms with Crippen molar-refractivity contribution in [2.75, 3.05) is 13.2 Å². The molecule has 0 fully saturated rings. The molecule has 0 aliphatic carbocycles. The molecule has 162 valence electrons. The molecule has 2 aromatic rings. The Labute approximate surface area is 173 Å². The Bertz CT molecular complexity index is 939. The van der Waals surface area contributed by atoms with E-state index < -0.39 is 34.4 Å². The lowest BCUT2D eigenvalue weighted by Crippen LogP contribution is -2.37. The lowest BCUT2D eigenvalue weighted by molar-refractivity contribution is -0.386. The number of ether oxygens (including phenoxy) is 2. The van der Waals surface area contributed by atoms with Crippen molar-refractivity contribution in [1.29, 1.82) is 0 Å². The zero-order valence-electron chi connectivity index (χ0n) is 15.4. The van der Waals surface area contributed by atoms with E-state index in [1.54, 1.807) is 0 Å². The fraction of sp³-hybridized carbons (Fsp3) is 0.278. The Hall–Kier alpha value is -3.05. The van der Waals surface area contributed by atoms with Crippen molar-refractivity contribution >= 4 is 23.2 Å². The van der Waals surface area contributed by atoms with Gasteiger partial charge in [0.05, 0.1) is 22.1 Å². The topological polar surface area (TPSA) is 111 Å². The van der Waals surface area contributed by atoms with Gasteiger partial charge in [0.15, 0.2) is 6.10 Å². The van der Waals surface area contributed by atoms with Crippen molar-refractivity contribution in [2.45, 2.75) is 19.2 Å². The number of amides is 1. The minimum atomic E-state index is -4.58. The van der Waals surface area contributed by atoms with E-state index in [9.17, 15) is 28.1 Å². The molecule has 2 aromatic carbocycles. The molecule has 0 bridgehead atoms. The molecule has 0 aliphatic rings. The van der Waals surface area contributed by atoms with E-state index in [1.807, 2.05) is 0 Å². The number of nitrogens with zero attached hydrogens (tertiary/aromatic N) is 1. The Morgan fingerprint density at radius 3 is 2.53 bits per heavy atom. The van der Waals surface area contributed by atoms with Gasteiger partial charge in [-0.25, -0.2) is 0 Å². The van der Waals surface area contributed by atoms with E-state index in [-0.39, 0.29) is 35.4 Å². The molecular formula is C18H16ClF3N2O6. The number of nitrogens with one attached hydrogen (secondary N) is 1. The van der Waals surface area contributed by atoms with Crippen molar-refractivity contribution in [2.24, 2.45) is 0 Å². The summed E-state index contributed by atoms with van der Waals surface area (Å²) in [7, 11) is 0. The molecule has 12 heteroatoms. The van der Waals surface area contributed by atoms with Gasteiger partial charge in [-0.3, -0.25) is 14.9 Å². The zero-order chi connectivity index (χ0) is 22.5. The zero-order valence-corrected chi connectivity index (χ0v) is 16.2. The van der Waals surface area contributed by atoms with Crippen LogP contribution >= 0.6 is 11.6 Å². The van der Waals surface area contributed by atoms with Crippen molar-refractivity contribution in [1.82, 2.24) is 5.32 Å². The number of nitro benzene ring substituents is 1. The van der Waals surface area contributed by atoms with Gasteiger partial charge in [-0.2, -0.15) is 13.2 Å². The molecule has 1 atom stereocenters. The van der Waals surface area contributed by atoms with E-state index in [2.05, 4.69) is 5.32 Å². The Kier molecular flexibility index (Phi) is 7.46. The van der Waals surface area contributed by atoms with Crippen LogP contribution in [0.25, 0.3) is 0 Å². The molecule has 0 saturated heterocycles. The monoisotopic (exact) mass is 448 g/mol. The van der Waals surface area contributed by atoms with Gasteiger partial charge in [0.25, 0.3) is 5.91 Å². The van der Waals surface area contributed by atoms with Gasteiger partial charge in [0.1, 0.15) is 11.5 Å². The van der Waals surface area contributed by atoms with Crippen molar-refractivity contribution in [3.05, 3.63) is 57.1 Å². The van der Waals surface area contributed by atoms with Crippen LogP contribution in [0.1, 0.15) is 12.5 Å². The summed E-state index contributed by atoms with van der Waals surface area (Å²) in [6.45, 7) is 1.02. The highest BCUT2D eigenvalue weighted by Crippen LogP contribution is 2.38. The van der Waals surface area contributed by atoms with Crippen molar-refractivity contribution in [3.63, 3.8) is 0 Å². The van der Waals surface area contributed by atoms with Crippen LogP contribution in [-0.2, 0) is 11.0 Å². The Morgan fingerprint density at radius 2 is 1.97 bits per heavy atom. The molecule has 1 unspecified atom stereocenters. The molecule has 0 heterocycles. The first kappa shape index (κ1) is 23.2. The van der Waals surface area contributed by atoms with Crippen LogP contribution in [0.15, 0.2) is 36.4 Å². The summed E-state index contributed by atoms with van der Waals surface area (Å²) < 4.78 is 49.0. The van der Waals surface area contributed by atoms with E-state index in [1.165, 1.54) is 13.0 Å². The number of halogens is 4. The number of hydrogen-bond acceptors (Lipinski definition) is 6. The van der Waals surface area contributed by atoms with Gasteiger partial charge < -0.3 is 19.9 Å². The third-order valence-corrected chi connectivity index (χ3v) is 3.99. The maximum atomic E-state index is 12.7. The second kappa shape index (κ2) is 9.63. The van der Waals surface area contributed by atoms with Gasteiger partial charge >= 0.3 is 11.9 Å². The average molecular weight is 449 g/mol. The highest BCUT2D eigenvalue weighted by Gasteiger charge is 2.31. The molecule has 0 spiro atoms. The van der Waals surface area contributed by atoms with Gasteiger partial charge in [0.2, 0.25) is 5.75 Å². The number of carbonyl (C=O) groups is 1. The molecule has 0 aromatic heterocycles. The number of rotatable bonds is 8. The van der Waals surface area contributed by atoms with E-state index in [0.29, 0.717) is 6.07 Å². The summed E-state index contributed by atoms with van der Waals surface area (Å²) in [5.74, 6) is -1.04. The van der Waals surface area contributed by atoms with Gasteiger partial charge in [-0.1, -0.05) is 11.6 Å². The van der Waals surface area contributed by atoms with Gasteiger partial charge in [-0.05, 0) is 31.2 Å². The summed E-state index contributed by atoms with van der Waals surface area (Å²) in [5.41, 5.74) is -1.42. The highest BCUT2D eigenvalue weighted by molar-refractivity contribution is 6.32. The van der Waals surface area contributed by atoms with E-state index in [0.717, 1.165) is 24.3 Å². The smallest absolute Gasteiger partial charge is 0.416 e. The fourth-order valence-corrected chi connectivity index (χ4v) is 2.48. The normalized spacial score (nSPS) is 12.2. The Morgan fingerprint density at radius 1 is 1.27 bits per heavy atom. The summed E-state index contributed by atoms with van der Waals surface area (Å²) in [5, 5.41) is 22.0. The molecule has 0 radical (unpaired) electrons. The van der Waals surface area contributed by atoms with Crippen LogP contribution in [0.4, 0.5) is 18.9 Å². The first-order valence-electron chi connectivity index (χ1n) is 8.41. The number of aliphatic hydroxyl groups excluding tert-OH is 1. The summed E-state index contributed by atoms with van der Waals surface area (Å²) in [6, 6.07) is 5.85. The average Bonchev–Trinajstić information content (AvgIpc) is 2.66. The fourth-order valence-electron chi connectivity index (χ4n) is 2.26. The van der Waals surface area contributed by atoms with Crippen LogP contribution < -0.4 is 14.8 Å². The number of hydrogen-bond donors (Lipinski definition) is 2. The molecule has 0 saturated carbocycles. The predicted octanol–water partition coefficient (Wildman–Crippen LogP) is 3.94. The van der Waals surface area contributed by atoms with E-state index >= 15 is 0 Å². The molecule has 0 aliphatic heterocycles. The van der Waals surface area contributed by atoms with Crippen LogP contribution in [0.3, 0.4) is 0 Å². The lowest BCUT2D eigenvalue weighted by Gasteiger charge is -2.16. The second-order valence-electron chi connectivity index (χ2n) is 5.91. The maximum absolute atomic E-state index is 12.7. The largest absolute Gasteiger partial charge is 0.474 e. The first-order valence-corrected chi connectivity index (χ1v) is 8.79. The number of nitro groups is 1. The molecule has 30 heavy (non-hydrogen) atoms. The highest BCUT2D eigenvalue weighted by atomic mass is 35.5. The molecular weight excluding hydrogens is 433 g/mol. The van der Waals surface area contributed by atoms with Crippen LogP contribution in [0.5, 0.6) is 17.2 Å². The third kappa shape index (κ3) is 5.97. The summed E-state index contributed by atoms with van der Waals surface area (Å²) in [4.78, 5) is 22.4. The van der Waals surface area contributed by atoms with Gasteiger partial charge in [-0.15, -0.1) is 0 Å². The lowest BCUT2D eigenvalue weighted by atomic mass is 10.2. The predicted molar refractivity (Wildman–Crippen MR) is 99.8 cm³/mol. The maximum Gasteiger partial charge on any atom is 0.416 e. The summed E-state index contributed by atoms with van der Waals surface area (Å²) >= 11 is 5.84. The molecule has 1 amide bonds. The SMILES string of the molecule is CC(Oc1cc(Oc2ccc(C(F)(F)F)cc2Cl)ccc1[N+](=O)[O-])C(=O)NCCO. The molecule has 2 N–H and O–H groups in total. The molecule has 8 nitrogen and oxygen atoms in total. The van der Waals surface area contributed by atoms with E-state index in [4.69, 9.17) is 26.2 Å². The molecule has 2 rings (SSSR count). The standard InChI is InChI=1S/C18H16ClF3N2O6/c1-10(17(26)23-6-7-25)29-16-9-12(3-4-14(16)24(27)28)30-15-5-2-11(8-13(15)19)18(20,21)22/h2-5,8-10,25H,6-7H2,1H3,(H,23,26). The summed E-state index contributed by atoms with van der Waals surface area (Å²) in [6.07, 6.45) is -5.72. The third-order valence-electron chi connectivity index (χ3n) is 3.70. The number of benzene rings is 2. The van der Waals surface area contributed by atoms with Crippen LogP contribution in [0.2, 0.25) is 5.02 Å². The minimum absolute atomic E-state index is 0.0137. The minimum Gasteiger partial charge on any atom is -0.474 e. The number of aliphatic hydroxyl groups is 1. The number of carbonyl (C=O) groups excluding carboxylic acids is 1. The quantitative estimate of drug-likeness (QED) is 0.467. The second-order valence-corrected chi connectivity index (χ2v) is 6.31. The first-order chi connectivity index (χ1) is 14.0. The van der Waals surface area contributed by atoms with Gasteiger partial charge in [0, 0.05) is 18.7 Å². The van der Waals surface area contributed by atoms with Crippen molar-refractivity contribution < 1.29 is 37.5 Å².